The number of hydrogen-bond donors (Lipinski definition) is 1. The number of rotatable bonds is 4. The van der Waals surface area contributed by atoms with E-state index in [1.807, 2.05) is 0 Å². The van der Waals surface area contributed by atoms with E-state index in [0.717, 1.165) is 10.2 Å². The van der Waals surface area contributed by atoms with E-state index in [0.29, 0.717) is 0 Å². The zero-order valence-corrected chi connectivity index (χ0v) is 10.4. The van der Waals surface area contributed by atoms with Gasteiger partial charge in [-0.3, -0.25) is 0 Å². The van der Waals surface area contributed by atoms with Crippen LogP contribution in [0.5, 0.6) is 0 Å². The number of aryl methyl sites for hydroxylation is 1. The monoisotopic (exact) mass is 265 g/mol. The summed E-state index contributed by atoms with van der Waals surface area (Å²) in [5, 5.41) is 16.3. The van der Waals surface area contributed by atoms with E-state index in [9.17, 15) is 9.18 Å². The Balaban J connectivity index is 2.61. The van der Waals surface area contributed by atoms with Crippen molar-refractivity contribution < 1.29 is 19.0 Å². The summed E-state index contributed by atoms with van der Waals surface area (Å²) in [7, 11) is 1.41. The van der Waals surface area contributed by atoms with Crippen LogP contribution in [0.4, 0.5) is 4.39 Å². The van der Waals surface area contributed by atoms with Crippen LogP contribution in [0.25, 0.3) is 5.69 Å². The predicted molar refractivity (Wildman–Crippen MR) is 63.7 cm³/mol. The summed E-state index contributed by atoms with van der Waals surface area (Å²) in [5.41, 5.74) is 0.918. The third kappa shape index (κ3) is 2.45. The maximum Gasteiger partial charge on any atom is 0.358 e. The zero-order chi connectivity index (χ0) is 14.0. The highest BCUT2D eigenvalue weighted by molar-refractivity contribution is 5.86. The van der Waals surface area contributed by atoms with Gasteiger partial charge >= 0.3 is 5.97 Å². The first-order valence-electron chi connectivity index (χ1n) is 5.48. The number of methoxy groups -OCH3 is 1. The van der Waals surface area contributed by atoms with Gasteiger partial charge < -0.3 is 9.84 Å². The maximum absolute atomic E-state index is 13.8. The lowest BCUT2D eigenvalue weighted by molar-refractivity contribution is 0.0685. The first kappa shape index (κ1) is 13.2. The molecule has 0 radical (unpaired) electrons. The van der Waals surface area contributed by atoms with E-state index in [1.165, 1.54) is 13.2 Å². The summed E-state index contributed by atoms with van der Waals surface area (Å²) in [5.74, 6) is -1.74. The van der Waals surface area contributed by atoms with Crippen LogP contribution in [0, 0.1) is 12.7 Å². The Morgan fingerprint density at radius 2 is 2.26 bits per heavy atom. The van der Waals surface area contributed by atoms with Crippen LogP contribution in [0.1, 0.15) is 21.7 Å². The number of nitrogens with zero attached hydrogens (tertiary/aromatic N) is 3. The maximum atomic E-state index is 13.8. The van der Waals surface area contributed by atoms with Crippen LogP contribution < -0.4 is 0 Å². The van der Waals surface area contributed by atoms with Crippen LogP contribution in [-0.2, 0) is 11.3 Å². The molecule has 7 heteroatoms. The van der Waals surface area contributed by atoms with E-state index in [1.54, 1.807) is 19.1 Å². The molecule has 1 heterocycles. The second-order valence-corrected chi connectivity index (χ2v) is 3.99. The lowest BCUT2D eigenvalue weighted by atomic mass is 10.2. The highest BCUT2D eigenvalue weighted by Crippen LogP contribution is 2.18. The fraction of sp³-hybridized carbons (Fsp3) is 0.250. The molecular weight excluding hydrogens is 253 g/mol. The number of halogens is 1. The number of carboxylic acid groups (broad SMARTS) is 1. The molecule has 100 valence electrons. The van der Waals surface area contributed by atoms with Gasteiger partial charge in [0.1, 0.15) is 17.2 Å². The van der Waals surface area contributed by atoms with Gasteiger partial charge in [0.05, 0.1) is 6.61 Å². The van der Waals surface area contributed by atoms with Crippen molar-refractivity contribution in [3.05, 3.63) is 41.0 Å². The van der Waals surface area contributed by atoms with Gasteiger partial charge in [-0.05, 0) is 24.6 Å². The van der Waals surface area contributed by atoms with Gasteiger partial charge in [0.15, 0.2) is 5.69 Å². The number of ether oxygens (including phenoxy) is 1. The quantitative estimate of drug-likeness (QED) is 0.907. The zero-order valence-electron chi connectivity index (χ0n) is 10.4. The second-order valence-electron chi connectivity index (χ2n) is 3.99. The summed E-state index contributed by atoms with van der Waals surface area (Å²) in [6, 6.07) is 4.47. The fourth-order valence-electron chi connectivity index (χ4n) is 1.71. The summed E-state index contributed by atoms with van der Waals surface area (Å²) in [6.07, 6.45) is 0. The minimum absolute atomic E-state index is 0.0258. The molecule has 0 bridgehead atoms. The van der Waals surface area contributed by atoms with Crippen molar-refractivity contribution in [2.45, 2.75) is 13.5 Å². The van der Waals surface area contributed by atoms with Gasteiger partial charge in [-0.1, -0.05) is 11.3 Å². The molecule has 0 atom stereocenters. The molecular formula is C12H12FN3O3. The third-order valence-electron chi connectivity index (χ3n) is 2.58. The number of carbonyl (C=O) groups is 1. The average molecular weight is 265 g/mol. The Bertz CT molecular complexity index is 625. The minimum atomic E-state index is -1.23. The SMILES string of the molecule is COCc1c(C(=O)O)nnn1-c1cc(C)ccc1F. The topological polar surface area (TPSA) is 77.2 Å². The molecule has 0 aliphatic rings. The molecule has 19 heavy (non-hydrogen) atoms. The molecule has 0 amide bonds. The Morgan fingerprint density at radius 1 is 1.53 bits per heavy atom. The van der Waals surface area contributed by atoms with Crippen LogP contribution in [0.3, 0.4) is 0 Å². The molecule has 0 saturated heterocycles. The number of hydrogen-bond acceptors (Lipinski definition) is 4. The summed E-state index contributed by atoms with van der Waals surface area (Å²) >= 11 is 0. The molecule has 1 aromatic heterocycles. The number of aromatic carboxylic acids is 1. The normalized spacial score (nSPS) is 10.7. The molecule has 2 rings (SSSR count). The molecule has 1 aromatic carbocycles. The van der Waals surface area contributed by atoms with Gasteiger partial charge in [-0.15, -0.1) is 5.10 Å². The fourth-order valence-corrected chi connectivity index (χ4v) is 1.71. The molecule has 0 unspecified atom stereocenters. The van der Waals surface area contributed by atoms with Crippen molar-refractivity contribution in [3.8, 4) is 5.69 Å². The van der Waals surface area contributed by atoms with E-state index < -0.39 is 11.8 Å². The third-order valence-corrected chi connectivity index (χ3v) is 2.58. The van der Waals surface area contributed by atoms with Crippen LogP contribution >= 0.6 is 0 Å². The van der Waals surface area contributed by atoms with Crippen molar-refractivity contribution in [1.29, 1.82) is 0 Å². The predicted octanol–water partition coefficient (Wildman–Crippen LogP) is 1.56. The van der Waals surface area contributed by atoms with E-state index in [-0.39, 0.29) is 23.7 Å². The number of aromatic nitrogens is 3. The van der Waals surface area contributed by atoms with E-state index in [4.69, 9.17) is 9.84 Å². The highest BCUT2D eigenvalue weighted by atomic mass is 19.1. The molecule has 1 N–H and O–H groups in total. The van der Waals surface area contributed by atoms with Crippen molar-refractivity contribution in [2.75, 3.05) is 7.11 Å². The summed E-state index contributed by atoms with van der Waals surface area (Å²) in [4.78, 5) is 11.0. The lowest BCUT2D eigenvalue weighted by Crippen LogP contribution is -2.09. The van der Waals surface area contributed by atoms with Crippen molar-refractivity contribution in [1.82, 2.24) is 15.0 Å². The molecule has 0 spiro atoms. The van der Waals surface area contributed by atoms with Gasteiger partial charge in [0, 0.05) is 7.11 Å². The first-order valence-corrected chi connectivity index (χ1v) is 5.48. The van der Waals surface area contributed by atoms with Crippen LogP contribution in [0.2, 0.25) is 0 Å². The van der Waals surface area contributed by atoms with Gasteiger partial charge in [0.2, 0.25) is 0 Å². The van der Waals surface area contributed by atoms with Crippen LogP contribution in [-0.4, -0.2) is 33.2 Å². The van der Waals surface area contributed by atoms with Crippen molar-refractivity contribution in [3.63, 3.8) is 0 Å². The average Bonchev–Trinajstić information content (AvgIpc) is 2.76. The van der Waals surface area contributed by atoms with E-state index in [2.05, 4.69) is 10.3 Å². The smallest absolute Gasteiger partial charge is 0.358 e. The van der Waals surface area contributed by atoms with Gasteiger partial charge in [-0.25, -0.2) is 13.9 Å². The highest BCUT2D eigenvalue weighted by Gasteiger charge is 2.21. The Labute approximate surface area is 108 Å². The Hall–Kier alpha value is -2.28. The molecule has 2 aromatic rings. The largest absolute Gasteiger partial charge is 0.476 e. The van der Waals surface area contributed by atoms with Crippen molar-refractivity contribution >= 4 is 5.97 Å². The van der Waals surface area contributed by atoms with E-state index >= 15 is 0 Å². The minimum Gasteiger partial charge on any atom is -0.476 e. The molecule has 0 saturated carbocycles. The molecule has 0 fully saturated rings. The second kappa shape index (κ2) is 5.15. The summed E-state index contributed by atoms with van der Waals surface area (Å²) < 4.78 is 19.9. The Kier molecular flexibility index (Phi) is 3.57. The molecule has 0 aliphatic carbocycles. The Morgan fingerprint density at radius 3 is 2.89 bits per heavy atom. The molecule has 0 aliphatic heterocycles. The number of carboxylic acids is 1. The molecule has 6 nitrogen and oxygen atoms in total. The first-order chi connectivity index (χ1) is 9.04. The lowest BCUT2D eigenvalue weighted by Gasteiger charge is -2.08. The van der Waals surface area contributed by atoms with Crippen LogP contribution in [0.15, 0.2) is 18.2 Å². The van der Waals surface area contributed by atoms with Crippen molar-refractivity contribution in [2.24, 2.45) is 0 Å². The van der Waals surface area contributed by atoms with Gasteiger partial charge in [-0.2, -0.15) is 0 Å². The van der Waals surface area contributed by atoms with Gasteiger partial charge in [0.25, 0.3) is 0 Å². The number of benzene rings is 1. The summed E-state index contributed by atoms with van der Waals surface area (Å²) in [6.45, 7) is 1.77. The standard InChI is InChI=1S/C12H12FN3O3/c1-7-3-4-8(13)9(5-7)16-10(6-19-2)11(12(17)18)14-15-16/h3-5H,6H2,1-2H3,(H,17,18).